The Morgan fingerprint density at radius 1 is 1.35 bits per heavy atom. The van der Waals surface area contributed by atoms with E-state index in [-0.39, 0.29) is 0 Å². The Morgan fingerprint density at radius 2 is 2.25 bits per heavy atom. The minimum Gasteiger partial charge on any atom is -0.367 e. The van der Waals surface area contributed by atoms with Crippen molar-refractivity contribution >= 4 is 33.3 Å². The van der Waals surface area contributed by atoms with E-state index in [0.717, 1.165) is 40.9 Å². The predicted molar refractivity (Wildman–Crippen MR) is 86.6 cm³/mol. The molecule has 0 aromatic carbocycles. The molecule has 1 aliphatic carbocycles. The van der Waals surface area contributed by atoms with Crippen LogP contribution in [0.2, 0.25) is 0 Å². The quantitative estimate of drug-likeness (QED) is 0.870. The summed E-state index contributed by atoms with van der Waals surface area (Å²) in [5.74, 6) is 2.56. The van der Waals surface area contributed by atoms with E-state index in [1.807, 2.05) is 0 Å². The lowest BCUT2D eigenvalue weighted by Gasteiger charge is -2.15. The van der Waals surface area contributed by atoms with Crippen LogP contribution in [0.3, 0.4) is 0 Å². The highest BCUT2D eigenvalue weighted by molar-refractivity contribution is 7.16. The summed E-state index contributed by atoms with van der Waals surface area (Å²) in [5, 5.41) is 10.2. The maximum absolute atomic E-state index is 4.67. The first-order valence-electron chi connectivity index (χ1n) is 7.52. The second-order valence-corrected chi connectivity index (χ2v) is 6.62. The summed E-state index contributed by atoms with van der Waals surface area (Å²) in [5.41, 5.74) is 0. The number of thiophene rings is 1. The summed E-state index contributed by atoms with van der Waals surface area (Å²) in [6.07, 6.45) is 4.88. The average Bonchev–Trinajstić information content (AvgIpc) is 3.05. The van der Waals surface area contributed by atoms with Gasteiger partial charge in [-0.25, -0.2) is 4.98 Å². The Morgan fingerprint density at radius 3 is 3.00 bits per heavy atom. The summed E-state index contributed by atoms with van der Waals surface area (Å²) >= 11 is 1.68. The van der Waals surface area contributed by atoms with Crippen molar-refractivity contribution in [3.05, 3.63) is 11.4 Å². The minimum atomic E-state index is 0.557. The van der Waals surface area contributed by atoms with Gasteiger partial charge in [-0.1, -0.05) is 13.8 Å². The van der Waals surface area contributed by atoms with Gasteiger partial charge in [0.1, 0.15) is 10.6 Å². The fourth-order valence-electron chi connectivity index (χ4n) is 2.81. The highest BCUT2D eigenvalue weighted by atomic mass is 32.1. The van der Waals surface area contributed by atoms with Gasteiger partial charge >= 0.3 is 0 Å². The topological polar surface area (TPSA) is 49.8 Å². The normalized spacial score (nSPS) is 22.3. The van der Waals surface area contributed by atoms with Gasteiger partial charge in [0.2, 0.25) is 5.95 Å². The van der Waals surface area contributed by atoms with E-state index >= 15 is 0 Å². The summed E-state index contributed by atoms with van der Waals surface area (Å²) in [6, 6.07) is 2.67. The standard InChI is InChI=1S/C15H22N4S/c1-3-7-16-15-18-13(12-6-8-20-14(12)19-15)17-11-5-4-10(2)9-11/h6,8,10-11H,3-5,7,9H2,1-2H3,(H2,16,17,18,19). The molecule has 2 aromatic heterocycles. The first-order valence-corrected chi connectivity index (χ1v) is 8.40. The molecule has 3 rings (SSSR count). The van der Waals surface area contributed by atoms with Crippen LogP contribution >= 0.6 is 11.3 Å². The fraction of sp³-hybridized carbons (Fsp3) is 0.600. The Labute approximate surface area is 124 Å². The second kappa shape index (κ2) is 5.95. The number of rotatable bonds is 5. The van der Waals surface area contributed by atoms with Crippen LogP contribution in [0.25, 0.3) is 10.2 Å². The molecule has 1 saturated carbocycles. The number of nitrogens with one attached hydrogen (secondary N) is 2. The van der Waals surface area contributed by atoms with Gasteiger partial charge in [-0.3, -0.25) is 0 Å². The van der Waals surface area contributed by atoms with Gasteiger partial charge in [-0.15, -0.1) is 11.3 Å². The van der Waals surface area contributed by atoms with E-state index < -0.39 is 0 Å². The van der Waals surface area contributed by atoms with Gasteiger partial charge < -0.3 is 10.6 Å². The molecular weight excluding hydrogens is 268 g/mol. The number of nitrogens with zero attached hydrogens (tertiary/aromatic N) is 2. The first-order chi connectivity index (χ1) is 9.76. The number of hydrogen-bond acceptors (Lipinski definition) is 5. The molecule has 1 aliphatic rings. The van der Waals surface area contributed by atoms with E-state index in [4.69, 9.17) is 0 Å². The lowest BCUT2D eigenvalue weighted by Crippen LogP contribution is -2.17. The van der Waals surface area contributed by atoms with E-state index in [0.29, 0.717) is 6.04 Å². The molecule has 0 bridgehead atoms. The van der Waals surface area contributed by atoms with E-state index in [9.17, 15) is 0 Å². The van der Waals surface area contributed by atoms with Crippen molar-refractivity contribution in [3.8, 4) is 0 Å². The number of anilines is 2. The highest BCUT2D eigenvalue weighted by Gasteiger charge is 2.22. The van der Waals surface area contributed by atoms with Crippen molar-refractivity contribution in [2.45, 2.75) is 45.6 Å². The van der Waals surface area contributed by atoms with Crippen molar-refractivity contribution < 1.29 is 0 Å². The monoisotopic (exact) mass is 290 g/mol. The molecule has 2 aromatic rings. The van der Waals surface area contributed by atoms with Gasteiger partial charge in [-0.2, -0.15) is 4.98 Å². The zero-order chi connectivity index (χ0) is 13.9. The van der Waals surface area contributed by atoms with Crippen LogP contribution in [0.4, 0.5) is 11.8 Å². The first kappa shape index (κ1) is 13.6. The molecular formula is C15H22N4S. The molecule has 0 saturated heterocycles. The largest absolute Gasteiger partial charge is 0.367 e. The fourth-order valence-corrected chi connectivity index (χ4v) is 3.58. The molecule has 1 fully saturated rings. The summed E-state index contributed by atoms with van der Waals surface area (Å²) < 4.78 is 0. The zero-order valence-corrected chi connectivity index (χ0v) is 13.0. The average molecular weight is 290 g/mol. The molecule has 5 heteroatoms. The van der Waals surface area contributed by atoms with Gasteiger partial charge in [-0.05, 0) is 43.0 Å². The number of aromatic nitrogens is 2. The van der Waals surface area contributed by atoms with Crippen LogP contribution < -0.4 is 10.6 Å². The van der Waals surface area contributed by atoms with Crippen molar-refractivity contribution in [1.82, 2.24) is 9.97 Å². The Bertz CT molecular complexity index is 580. The number of fused-ring (bicyclic) bond motifs is 1. The van der Waals surface area contributed by atoms with Crippen LogP contribution in [0.5, 0.6) is 0 Å². The van der Waals surface area contributed by atoms with Crippen molar-refractivity contribution in [3.63, 3.8) is 0 Å². The van der Waals surface area contributed by atoms with Crippen molar-refractivity contribution in [2.75, 3.05) is 17.2 Å². The van der Waals surface area contributed by atoms with Crippen molar-refractivity contribution in [2.24, 2.45) is 5.92 Å². The zero-order valence-electron chi connectivity index (χ0n) is 12.1. The van der Waals surface area contributed by atoms with Gasteiger partial charge in [0, 0.05) is 12.6 Å². The summed E-state index contributed by atoms with van der Waals surface area (Å²) in [4.78, 5) is 10.3. The second-order valence-electron chi connectivity index (χ2n) is 5.72. The summed E-state index contributed by atoms with van der Waals surface area (Å²) in [7, 11) is 0. The third kappa shape index (κ3) is 2.87. The van der Waals surface area contributed by atoms with Crippen LogP contribution in [-0.2, 0) is 0 Å². The lowest BCUT2D eigenvalue weighted by molar-refractivity contribution is 0.602. The van der Waals surface area contributed by atoms with Gasteiger partial charge in [0.25, 0.3) is 0 Å². The third-order valence-corrected chi connectivity index (χ3v) is 4.70. The van der Waals surface area contributed by atoms with Crippen LogP contribution in [0.1, 0.15) is 39.5 Å². The molecule has 0 aliphatic heterocycles. The maximum Gasteiger partial charge on any atom is 0.226 e. The Balaban J connectivity index is 1.85. The van der Waals surface area contributed by atoms with Crippen molar-refractivity contribution in [1.29, 1.82) is 0 Å². The minimum absolute atomic E-state index is 0.557. The number of hydrogen-bond donors (Lipinski definition) is 2. The molecule has 108 valence electrons. The Hall–Kier alpha value is -1.36. The van der Waals surface area contributed by atoms with Gasteiger partial charge in [0.15, 0.2) is 0 Å². The molecule has 20 heavy (non-hydrogen) atoms. The van der Waals surface area contributed by atoms with Crippen LogP contribution in [0, 0.1) is 5.92 Å². The molecule has 2 N–H and O–H groups in total. The molecule has 0 radical (unpaired) electrons. The molecule has 0 spiro atoms. The molecule has 2 unspecified atom stereocenters. The van der Waals surface area contributed by atoms with E-state index in [1.165, 1.54) is 19.3 Å². The van der Waals surface area contributed by atoms with Crippen LogP contribution in [-0.4, -0.2) is 22.6 Å². The predicted octanol–water partition coefficient (Wildman–Crippen LogP) is 4.11. The molecule has 2 heterocycles. The van der Waals surface area contributed by atoms with E-state index in [2.05, 4.69) is 45.9 Å². The molecule has 2 atom stereocenters. The van der Waals surface area contributed by atoms with Gasteiger partial charge in [0.05, 0.1) is 5.39 Å². The Kier molecular flexibility index (Phi) is 4.05. The lowest BCUT2D eigenvalue weighted by atomic mass is 10.1. The highest BCUT2D eigenvalue weighted by Crippen LogP contribution is 2.31. The molecule has 0 amide bonds. The van der Waals surface area contributed by atoms with Crippen LogP contribution in [0.15, 0.2) is 11.4 Å². The van der Waals surface area contributed by atoms with E-state index in [1.54, 1.807) is 11.3 Å². The molecule has 4 nitrogen and oxygen atoms in total. The smallest absolute Gasteiger partial charge is 0.226 e. The summed E-state index contributed by atoms with van der Waals surface area (Å²) in [6.45, 7) is 5.39. The SMILES string of the molecule is CCCNc1nc(NC2CCC(C)C2)c2ccsc2n1. The third-order valence-electron chi connectivity index (χ3n) is 3.89. The maximum atomic E-state index is 4.67.